The van der Waals surface area contributed by atoms with Crippen molar-refractivity contribution >= 4 is 5.97 Å². The van der Waals surface area contributed by atoms with E-state index >= 15 is 0 Å². The van der Waals surface area contributed by atoms with E-state index in [1.54, 1.807) is 0 Å². The lowest BCUT2D eigenvalue weighted by Gasteiger charge is -2.44. The van der Waals surface area contributed by atoms with E-state index in [1.807, 2.05) is 0 Å². The lowest BCUT2D eigenvalue weighted by Crippen LogP contribution is -2.52. The fraction of sp³-hybridized carbons (Fsp3) is 0.917. The third-order valence-corrected chi connectivity index (χ3v) is 3.63. The topological polar surface area (TPSA) is 40.5 Å². The Morgan fingerprint density at radius 3 is 2.33 bits per heavy atom. The molecule has 1 fully saturated rings. The molecule has 1 unspecified atom stereocenters. The summed E-state index contributed by atoms with van der Waals surface area (Å²) in [5, 5.41) is 8.88. The van der Waals surface area contributed by atoms with Gasteiger partial charge in [0.1, 0.15) is 0 Å². The van der Waals surface area contributed by atoms with E-state index in [1.165, 1.54) is 0 Å². The molecule has 0 aromatic rings. The number of carbonyl (C=O) groups is 1. The second-order valence-electron chi connectivity index (χ2n) is 6.06. The summed E-state index contributed by atoms with van der Waals surface area (Å²) in [5.74, 6) is -0.405. The lowest BCUT2D eigenvalue weighted by molar-refractivity contribution is -0.139. The van der Waals surface area contributed by atoms with Crippen LogP contribution in [0.2, 0.25) is 0 Å². The molecule has 88 valence electrons. The van der Waals surface area contributed by atoms with Crippen LogP contribution in [0.5, 0.6) is 0 Å². The number of likely N-dealkylation sites (tertiary alicyclic amines) is 1. The first-order valence-electron chi connectivity index (χ1n) is 5.65. The Morgan fingerprint density at radius 1 is 1.47 bits per heavy atom. The summed E-state index contributed by atoms with van der Waals surface area (Å²) < 4.78 is 0. The zero-order valence-electron chi connectivity index (χ0n) is 10.5. The lowest BCUT2D eigenvalue weighted by atomic mass is 9.84. The number of hydrogen-bond acceptors (Lipinski definition) is 2. The average molecular weight is 213 g/mol. The molecule has 1 aliphatic heterocycles. The molecule has 1 atom stereocenters. The molecule has 1 rings (SSSR count). The van der Waals surface area contributed by atoms with Gasteiger partial charge in [0.25, 0.3) is 0 Å². The van der Waals surface area contributed by atoms with Crippen LogP contribution in [0.3, 0.4) is 0 Å². The standard InChI is InChI=1S/C12H23NO2/c1-11(2,3)13-7-6-9(8-10(14)15)12(13,4)5/h9H,6-8H2,1-5H3,(H,14,15). The van der Waals surface area contributed by atoms with Crippen molar-refractivity contribution in [3.63, 3.8) is 0 Å². The van der Waals surface area contributed by atoms with Gasteiger partial charge in [-0.05, 0) is 53.5 Å². The van der Waals surface area contributed by atoms with Gasteiger partial charge in [-0.15, -0.1) is 0 Å². The summed E-state index contributed by atoms with van der Waals surface area (Å²) in [6.07, 6.45) is 1.29. The molecule has 0 spiro atoms. The molecule has 1 saturated heterocycles. The summed E-state index contributed by atoms with van der Waals surface area (Å²) in [7, 11) is 0. The molecule has 3 heteroatoms. The van der Waals surface area contributed by atoms with Gasteiger partial charge >= 0.3 is 5.97 Å². The number of nitrogens with zero attached hydrogens (tertiary/aromatic N) is 1. The highest BCUT2D eigenvalue weighted by Crippen LogP contribution is 2.40. The number of carboxylic acids is 1. The van der Waals surface area contributed by atoms with E-state index < -0.39 is 5.97 Å². The Labute approximate surface area is 92.5 Å². The summed E-state index contributed by atoms with van der Waals surface area (Å²) >= 11 is 0. The summed E-state index contributed by atoms with van der Waals surface area (Å²) in [5.41, 5.74) is 0.118. The van der Waals surface area contributed by atoms with Gasteiger partial charge in [-0.3, -0.25) is 9.69 Å². The van der Waals surface area contributed by atoms with Crippen molar-refractivity contribution in [3.8, 4) is 0 Å². The van der Waals surface area contributed by atoms with Gasteiger partial charge in [-0.1, -0.05) is 0 Å². The van der Waals surface area contributed by atoms with Gasteiger partial charge in [0, 0.05) is 17.5 Å². The molecule has 0 radical (unpaired) electrons. The van der Waals surface area contributed by atoms with Gasteiger partial charge in [0.05, 0.1) is 0 Å². The fourth-order valence-corrected chi connectivity index (χ4v) is 2.91. The molecule has 1 heterocycles. The SMILES string of the molecule is CC(C)(C)N1CCC(CC(=O)O)C1(C)C. The molecule has 0 aromatic carbocycles. The van der Waals surface area contributed by atoms with Crippen molar-refractivity contribution in [2.24, 2.45) is 5.92 Å². The second-order valence-corrected chi connectivity index (χ2v) is 6.06. The van der Waals surface area contributed by atoms with Gasteiger partial charge in [-0.25, -0.2) is 0 Å². The molecule has 1 aliphatic rings. The van der Waals surface area contributed by atoms with E-state index in [2.05, 4.69) is 39.5 Å². The number of hydrogen-bond donors (Lipinski definition) is 1. The van der Waals surface area contributed by atoms with Crippen molar-refractivity contribution in [1.29, 1.82) is 0 Å². The highest BCUT2D eigenvalue weighted by molar-refractivity contribution is 5.67. The molecular weight excluding hydrogens is 190 g/mol. The molecule has 3 nitrogen and oxygen atoms in total. The summed E-state index contributed by atoms with van der Waals surface area (Å²) in [6.45, 7) is 11.9. The van der Waals surface area contributed by atoms with Crippen molar-refractivity contribution < 1.29 is 9.90 Å². The molecule has 1 N–H and O–H groups in total. The predicted octanol–water partition coefficient (Wildman–Crippen LogP) is 2.36. The maximum absolute atomic E-state index is 10.8. The van der Waals surface area contributed by atoms with Crippen molar-refractivity contribution in [2.75, 3.05) is 6.54 Å². The van der Waals surface area contributed by atoms with E-state index in [0.717, 1.165) is 13.0 Å². The minimum atomic E-state index is -0.677. The van der Waals surface area contributed by atoms with E-state index in [0.29, 0.717) is 6.42 Å². The monoisotopic (exact) mass is 213 g/mol. The van der Waals surface area contributed by atoms with Crippen LogP contribution in [0.25, 0.3) is 0 Å². The first kappa shape index (κ1) is 12.5. The molecule has 0 aliphatic carbocycles. The normalized spacial score (nSPS) is 26.9. The molecule has 0 amide bonds. The van der Waals surface area contributed by atoms with Crippen molar-refractivity contribution in [2.45, 2.75) is 58.5 Å². The molecule has 0 saturated carbocycles. The minimum Gasteiger partial charge on any atom is -0.481 e. The van der Waals surface area contributed by atoms with Crippen LogP contribution in [0.4, 0.5) is 0 Å². The van der Waals surface area contributed by atoms with Crippen LogP contribution in [0.15, 0.2) is 0 Å². The van der Waals surface area contributed by atoms with Crippen LogP contribution in [0.1, 0.15) is 47.5 Å². The average Bonchev–Trinajstić information content (AvgIpc) is 2.24. The zero-order valence-corrected chi connectivity index (χ0v) is 10.5. The van der Waals surface area contributed by atoms with Gasteiger partial charge in [0.2, 0.25) is 0 Å². The first-order valence-corrected chi connectivity index (χ1v) is 5.65. The highest BCUT2D eigenvalue weighted by atomic mass is 16.4. The predicted molar refractivity (Wildman–Crippen MR) is 60.9 cm³/mol. The van der Waals surface area contributed by atoms with Crippen LogP contribution in [-0.4, -0.2) is 33.6 Å². The van der Waals surface area contributed by atoms with Crippen LogP contribution >= 0.6 is 0 Å². The van der Waals surface area contributed by atoms with Gasteiger partial charge < -0.3 is 5.11 Å². The van der Waals surface area contributed by atoms with Gasteiger partial charge in [0.15, 0.2) is 0 Å². The summed E-state index contributed by atoms with van der Waals surface area (Å²) in [6, 6.07) is 0. The largest absolute Gasteiger partial charge is 0.481 e. The Kier molecular flexibility index (Phi) is 3.15. The Morgan fingerprint density at radius 2 is 2.00 bits per heavy atom. The Bertz CT molecular complexity index is 253. The molecular formula is C12H23NO2. The third kappa shape index (κ3) is 2.51. The van der Waals surface area contributed by atoms with Crippen molar-refractivity contribution in [1.82, 2.24) is 4.90 Å². The number of rotatable bonds is 2. The maximum atomic E-state index is 10.8. The van der Waals surface area contributed by atoms with Crippen LogP contribution in [0, 0.1) is 5.92 Å². The molecule has 0 bridgehead atoms. The van der Waals surface area contributed by atoms with Gasteiger partial charge in [-0.2, -0.15) is 0 Å². The Hall–Kier alpha value is -0.570. The molecule has 0 aromatic heterocycles. The highest BCUT2D eigenvalue weighted by Gasteiger charge is 2.46. The number of aliphatic carboxylic acids is 1. The van der Waals surface area contributed by atoms with E-state index in [4.69, 9.17) is 5.11 Å². The van der Waals surface area contributed by atoms with E-state index in [-0.39, 0.29) is 17.0 Å². The second kappa shape index (κ2) is 3.78. The Balaban J connectivity index is 2.80. The fourth-order valence-electron chi connectivity index (χ4n) is 2.91. The minimum absolute atomic E-state index is 0.00333. The van der Waals surface area contributed by atoms with E-state index in [9.17, 15) is 4.79 Å². The third-order valence-electron chi connectivity index (χ3n) is 3.63. The first-order chi connectivity index (χ1) is 6.65. The van der Waals surface area contributed by atoms with Crippen LogP contribution < -0.4 is 0 Å². The van der Waals surface area contributed by atoms with Crippen molar-refractivity contribution in [3.05, 3.63) is 0 Å². The zero-order chi connectivity index (χ0) is 11.9. The smallest absolute Gasteiger partial charge is 0.303 e. The maximum Gasteiger partial charge on any atom is 0.303 e. The number of carboxylic acid groups (broad SMARTS) is 1. The van der Waals surface area contributed by atoms with Crippen LogP contribution in [-0.2, 0) is 4.79 Å². The quantitative estimate of drug-likeness (QED) is 0.765. The summed E-state index contributed by atoms with van der Waals surface area (Å²) in [4.78, 5) is 13.2. The molecule has 15 heavy (non-hydrogen) atoms.